The molecule has 0 spiro atoms. The molecule has 1 heterocycles. The van der Waals surface area contributed by atoms with Crippen LogP contribution in [0.3, 0.4) is 0 Å². The quantitative estimate of drug-likeness (QED) is 0.851. The lowest BCUT2D eigenvalue weighted by molar-refractivity contribution is 0.187. The van der Waals surface area contributed by atoms with Gasteiger partial charge in [-0.25, -0.2) is 4.98 Å². The van der Waals surface area contributed by atoms with Gasteiger partial charge in [0, 0.05) is 33.2 Å². The monoisotopic (exact) mass is 233 g/mol. The van der Waals surface area contributed by atoms with E-state index in [1.807, 2.05) is 25.2 Å². The Morgan fingerprint density at radius 3 is 2.88 bits per heavy atom. The first kappa shape index (κ1) is 12.1. The molecule has 92 valence electrons. The van der Waals surface area contributed by atoms with Crippen LogP contribution in [0.15, 0.2) is 24.3 Å². The molecule has 17 heavy (non-hydrogen) atoms. The number of nitrogens with two attached hydrogens (primary N) is 1. The molecular weight excluding hydrogens is 214 g/mol. The Hall–Kier alpha value is -1.39. The molecule has 0 bridgehead atoms. The molecule has 0 saturated carbocycles. The van der Waals surface area contributed by atoms with Crippen molar-refractivity contribution in [1.29, 1.82) is 0 Å². The number of hydrogen-bond donors (Lipinski definition) is 1. The van der Waals surface area contributed by atoms with Gasteiger partial charge in [0.1, 0.15) is 5.82 Å². The third-order valence-corrected chi connectivity index (χ3v) is 3.02. The predicted octanol–water partition coefficient (Wildman–Crippen LogP) is 1.48. The Balaban J connectivity index is 2.16. The highest BCUT2D eigenvalue weighted by molar-refractivity contribution is 5.75. The first-order valence-corrected chi connectivity index (χ1v) is 5.87. The third kappa shape index (κ3) is 2.65. The number of nitrogens with zero attached hydrogens (tertiary/aromatic N) is 2. The number of imidazole rings is 1. The molecule has 0 saturated heterocycles. The maximum atomic E-state index is 6.05. The van der Waals surface area contributed by atoms with Crippen molar-refractivity contribution < 1.29 is 4.74 Å². The van der Waals surface area contributed by atoms with Gasteiger partial charge >= 0.3 is 0 Å². The van der Waals surface area contributed by atoms with E-state index in [1.165, 1.54) is 0 Å². The summed E-state index contributed by atoms with van der Waals surface area (Å²) in [5, 5.41) is 0. The Morgan fingerprint density at radius 1 is 1.41 bits per heavy atom. The summed E-state index contributed by atoms with van der Waals surface area (Å²) in [5.74, 6) is 1.04. The zero-order valence-corrected chi connectivity index (χ0v) is 10.4. The molecule has 0 amide bonds. The molecule has 1 aromatic carbocycles. The van der Waals surface area contributed by atoms with Crippen LogP contribution in [0.4, 0.5) is 0 Å². The second-order valence-electron chi connectivity index (χ2n) is 4.32. The van der Waals surface area contributed by atoms with Gasteiger partial charge in [0.2, 0.25) is 0 Å². The van der Waals surface area contributed by atoms with Crippen LogP contribution in [-0.4, -0.2) is 29.3 Å². The van der Waals surface area contributed by atoms with Gasteiger partial charge in [-0.15, -0.1) is 0 Å². The Labute approximate surface area is 101 Å². The van der Waals surface area contributed by atoms with Crippen LogP contribution in [0.25, 0.3) is 11.0 Å². The minimum atomic E-state index is 0.102. The zero-order valence-electron chi connectivity index (χ0n) is 10.4. The first-order valence-electron chi connectivity index (χ1n) is 5.87. The molecule has 0 radical (unpaired) electrons. The van der Waals surface area contributed by atoms with Crippen molar-refractivity contribution in [3.8, 4) is 0 Å². The topological polar surface area (TPSA) is 53.1 Å². The molecule has 2 N–H and O–H groups in total. The summed E-state index contributed by atoms with van der Waals surface area (Å²) in [4.78, 5) is 4.60. The van der Waals surface area contributed by atoms with Gasteiger partial charge < -0.3 is 15.0 Å². The smallest absolute Gasteiger partial charge is 0.111 e. The van der Waals surface area contributed by atoms with E-state index in [2.05, 4.69) is 15.6 Å². The van der Waals surface area contributed by atoms with Gasteiger partial charge in [0.15, 0.2) is 0 Å². The van der Waals surface area contributed by atoms with E-state index in [0.717, 1.165) is 29.7 Å². The van der Waals surface area contributed by atoms with E-state index < -0.39 is 0 Å². The minimum Gasteiger partial charge on any atom is -0.385 e. The van der Waals surface area contributed by atoms with E-state index in [-0.39, 0.29) is 6.04 Å². The lowest BCUT2D eigenvalue weighted by atomic mass is 10.1. The fourth-order valence-corrected chi connectivity index (χ4v) is 1.98. The summed E-state index contributed by atoms with van der Waals surface area (Å²) < 4.78 is 7.15. The second kappa shape index (κ2) is 5.29. The maximum absolute atomic E-state index is 6.05. The highest BCUT2D eigenvalue weighted by Gasteiger charge is 2.11. The summed E-state index contributed by atoms with van der Waals surface area (Å²) in [6, 6.07) is 8.24. The lowest BCUT2D eigenvalue weighted by Crippen LogP contribution is -2.25. The SMILES string of the molecule is COCCC(N)Cc1nc2ccccc2n1C. The number of hydrogen-bond acceptors (Lipinski definition) is 3. The third-order valence-electron chi connectivity index (χ3n) is 3.02. The van der Waals surface area contributed by atoms with Crippen molar-refractivity contribution in [2.75, 3.05) is 13.7 Å². The molecule has 4 heteroatoms. The summed E-state index contributed by atoms with van der Waals surface area (Å²) in [6.45, 7) is 0.700. The number of methoxy groups -OCH3 is 1. The summed E-state index contributed by atoms with van der Waals surface area (Å²) >= 11 is 0. The van der Waals surface area contributed by atoms with Crippen molar-refractivity contribution in [1.82, 2.24) is 9.55 Å². The summed E-state index contributed by atoms with van der Waals surface area (Å²) in [7, 11) is 3.73. The number of benzene rings is 1. The maximum Gasteiger partial charge on any atom is 0.111 e. The second-order valence-corrected chi connectivity index (χ2v) is 4.32. The number of rotatable bonds is 5. The number of ether oxygens (including phenoxy) is 1. The molecule has 4 nitrogen and oxygen atoms in total. The highest BCUT2D eigenvalue weighted by atomic mass is 16.5. The van der Waals surface area contributed by atoms with E-state index in [9.17, 15) is 0 Å². The Bertz CT molecular complexity index is 492. The average molecular weight is 233 g/mol. The van der Waals surface area contributed by atoms with Crippen LogP contribution >= 0.6 is 0 Å². The van der Waals surface area contributed by atoms with Gasteiger partial charge in [0.25, 0.3) is 0 Å². The van der Waals surface area contributed by atoms with Crippen molar-refractivity contribution in [2.45, 2.75) is 18.9 Å². The van der Waals surface area contributed by atoms with Crippen molar-refractivity contribution in [3.63, 3.8) is 0 Å². The molecule has 0 aliphatic rings. The Morgan fingerprint density at radius 2 is 2.18 bits per heavy atom. The lowest BCUT2D eigenvalue weighted by Gasteiger charge is -2.10. The van der Waals surface area contributed by atoms with Gasteiger partial charge in [-0.2, -0.15) is 0 Å². The molecule has 1 aromatic heterocycles. The van der Waals surface area contributed by atoms with E-state index in [1.54, 1.807) is 7.11 Å². The summed E-state index contributed by atoms with van der Waals surface area (Å²) in [6.07, 6.45) is 1.65. The van der Waals surface area contributed by atoms with Crippen LogP contribution in [0, 0.1) is 0 Å². The number of para-hydroxylation sites is 2. The van der Waals surface area contributed by atoms with Crippen molar-refractivity contribution in [2.24, 2.45) is 12.8 Å². The van der Waals surface area contributed by atoms with Gasteiger partial charge in [-0.05, 0) is 18.6 Å². The van der Waals surface area contributed by atoms with Gasteiger partial charge in [-0.1, -0.05) is 12.1 Å². The highest BCUT2D eigenvalue weighted by Crippen LogP contribution is 2.15. The normalized spacial score (nSPS) is 13.1. The molecule has 0 aliphatic carbocycles. The van der Waals surface area contributed by atoms with Crippen molar-refractivity contribution in [3.05, 3.63) is 30.1 Å². The van der Waals surface area contributed by atoms with E-state index in [4.69, 9.17) is 10.5 Å². The Kier molecular flexibility index (Phi) is 3.76. The summed E-state index contributed by atoms with van der Waals surface area (Å²) in [5.41, 5.74) is 8.23. The molecule has 0 aliphatic heterocycles. The fraction of sp³-hybridized carbons (Fsp3) is 0.462. The number of aromatic nitrogens is 2. The zero-order chi connectivity index (χ0) is 12.3. The average Bonchev–Trinajstić information content (AvgIpc) is 2.64. The van der Waals surface area contributed by atoms with Crippen LogP contribution in [-0.2, 0) is 18.2 Å². The number of aryl methyl sites for hydroxylation is 1. The molecular formula is C13H19N3O. The van der Waals surface area contributed by atoms with Crippen LogP contribution in [0.1, 0.15) is 12.2 Å². The predicted molar refractivity (Wildman–Crippen MR) is 68.9 cm³/mol. The fourth-order valence-electron chi connectivity index (χ4n) is 1.98. The van der Waals surface area contributed by atoms with Gasteiger partial charge in [0.05, 0.1) is 11.0 Å². The molecule has 0 fully saturated rings. The van der Waals surface area contributed by atoms with E-state index in [0.29, 0.717) is 6.61 Å². The van der Waals surface area contributed by atoms with Crippen LogP contribution < -0.4 is 5.73 Å². The van der Waals surface area contributed by atoms with Gasteiger partial charge in [-0.3, -0.25) is 0 Å². The molecule has 1 unspecified atom stereocenters. The molecule has 2 rings (SSSR count). The largest absolute Gasteiger partial charge is 0.385 e. The molecule has 1 atom stereocenters. The minimum absolute atomic E-state index is 0.102. The first-order chi connectivity index (χ1) is 8.22. The van der Waals surface area contributed by atoms with Crippen LogP contribution in [0.2, 0.25) is 0 Å². The number of fused-ring (bicyclic) bond motifs is 1. The van der Waals surface area contributed by atoms with Crippen molar-refractivity contribution >= 4 is 11.0 Å². The van der Waals surface area contributed by atoms with E-state index >= 15 is 0 Å². The standard InChI is InChI=1S/C13H19N3O/c1-16-12-6-4-3-5-11(12)15-13(16)9-10(14)7-8-17-2/h3-6,10H,7-9,14H2,1-2H3. The van der Waals surface area contributed by atoms with Crippen LogP contribution in [0.5, 0.6) is 0 Å². The molecule has 2 aromatic rings.